The minimum Gasteiger partial charge on any atom is -0.454 e. The quantitative estimate of drug-likeness (QED) is 0.759. The standard InChI is InChI=1S/C21H21FN2O4S/c1-14-9-10-24(17-7-2-3-8-18(17)29-14)19(25)13-28-20(26)12-23-21(27)15-5-4-6-16(22)11-15/h2-8,11,14H,9-10,12-13H2,1H3,(H,23,27)/t14-/m0/s1. The lowest BCUT2D eigenvalue weighted by atomic mass is 10.2. The molecule has 0 bridgehead atoms. The first-order chi connectivity index (χ1) is 13.9. The number of fused-ring (bicyclic) bond motifs is 1. The molecule has 0 fully saturated rings. The summed E-state index contributed by atoms with van der Waals surface area (Å²) in [6.45, 7) is 1.82. The van der Waals surface area contributed by atoms with Gasteiger partial charge in [-0.15, -0.1) is 11.8 Å². The van der Waals surface area contributed by atoms with Crippen LogP contribution in [0.25, 0.3) is 0 Å². The Morgan fingerprint density at radius 2 is 2.00 bits per heavy atom. The molecule has 6 nitrogen and oxygen atoms in total. The lowest BCUT2D eigenvalue weighted by molar-refractivity contribution is -0.146. The molecule has 152 valence electrons. The number of ether oxygens (including phenoxy) is 1. The van der Waals surface area contributed by atoms with E-state index in [4.69, 9.17) is 4.74 Å². The molecule has 1 N–H and O–H groups in total. The predicted octanol–water partition coefficient (Wildman–Crippen LogP) is 3.02. The third-order valence-corrected chi connectivity index (χ3v) is 5.62. The van der Waals surface area contributed by atoms with E-state index in [1.807, 2.05) is 24.3 Å². The van der Waals surface area contributed by atoms with Gasteiger partial charge in [0.1, 0.15) is 12.4 Å². The monoisotopic (exact) mass is 416 g/mol. The summed E-state index contributed by atoms with van der Waals surface area (Å²) >= 11 is 1.71. The average Bonchev–Trinajstić information content (AvgIpc) is 2.88. The molecule has 0 aromatic heterocycles. The van der Waals surface area contributed by atoms with Gasteiger partial charge in [-0.1, -0.05) is 25.1 Å². The molecule has 1 heterocycles. The maximum absolute atomic E-state index is 13.2. The second-order valence-corrected chi connectivity index (χ2v) is 8.06. The summed E-state index contributed by atoms with van der Waals surface area (Å²) in [6.07, 6.45) is 0.822. The Kier molecular flexibility index (Phi) is 6.87. The van der Waals surface area contributed by atoms with Gasteiger partial charge in [-0.25, -0.2) is 4.39 Å². The molecule has 0 spiro atoms. The van der Waals surface area contributed by atoms with Gasteiger partial charge in [0.05, 0.1) is 5.69 Å². The largest absolute Gasteiger partial charge is 0.454 e. The summed E-state index contributed by atoms with van der Waals surface area (Å²) in [7, 11) is 0. The molecular formula is C21H21FN2O4S. The molecule has 2 aromatic carbocycles. The van der Waals surface area contributed by atoms with Gasteiger partial charge < -0.3 is 15.0 Å². The number of carbonyl (C=O) groups excluding carboxylic acids is 3. The van der Waals surface area contributed by atoms with E-state index in [-0.39, 0.29) is 11.5 Å². The van der Waals surface area contributed by atoms with Crippen LogP contribution in [0.1, 0.15) is 23.7 Å². The van der Waals surface area contributed by atoms with Crippen molar-refractivity contribution in [2.45, 2.75) is 23.5 Å². The maximum atomic E-state index is 13.2. The second kappa shape index (κ2) is 9.56. The van der Waals surface area contributed by atoms with Crippen LogP contribution in [-0.2, 0) is 14.3 Å². The number of anilines is 1. The van der Waals surface area contributed by atoms with Gasteiger partial charge in [-0.2, -0.15) is 0 Å². The van der Waals surface area contributed by atoms with E-state index >= 15 is 0 Å². The fourth-order valence-corrected chi connectivity index (χ4v) is 4.01. The average molecular weight is 416 g/mol. The summed E-state index contributed by atoms with van der Waals surface area (Å²) in [5.74, 6) is -2.21. The summed E-state index contributed by atoms with van der Waals surface area (Å²) in [6, 6.07) is 12.8. The number of thioether (sulfide) groups is 1. The van der Waals surface area contributed by atoms with Crippen LogP contribution in [0.3, 0.4) is 0 Å². The molecule has 0 saturated carbocycles. The van der Waals surface area contributed by atoms with E-state index in [2.05, 4.69) is 12.2 Å². The van der Waals surface area contributed by atoms with Crippen LogP contribution in [0, 0.1) is 5.82 Å². The van der Waals surface area contributed by atoms with Gasteiger partial charge in [0, 0.05) is 22.3 Å². The minimum atomic E-state index is -0.742. The highest BCUT2D eigenvalue weighted by atomic mass is 32.2. The van der Waals surface area contributed by atoms with E-state index in [1.165, 1.54) is 18.2 Å². The molecule has 1 atom stereocenters. The third kappa shape index (κ3) is 5.57. The van der Waals surface area contributed by atoms with Gasteiger partial charge in [0.2, 0.25) is 0 Å². The number of hydrogen-bond acceptors (Lipinski definition) is 5. The fraction of sp³-hybridized carbons (Fsp3) is 0.286. The van der Waals surface area contributed by atoms with Crippen molar-refractivity contribution in [2.24, 2.45) is 0 Å². The van der Waals surface area contributed by atoms with Crippen molar-refractivity contribution in [3.63, 3.8) is 0 Å². The van der Waals surface area contributed by atoms with Crippen molar-refractivity contribution in [3.8, 4) is 0 Å². The number of rotatable bonds is 5. The van der Waals surface area contributed by atoms with Crippen LogP contribution < -0.4 is 10.2 Å². The highest BCUT2D eigenvalue weighted by Crippen LogP contribution is 2.37. The first kappa shape index (κ1) is 20.9. The van der Waals surface area contributed by atoms with Gasteiger partial charge >= 0.3 is 5.97 Å². The van der Waals surface area contributed by atoms with E-state index in [0.717, 1.165) is 23.1 Å². The number of halogens is 1. The van der Waals surface area contributed by atoms with Gasteiger partial charge in [0.15, 0.2) is 6.61 Å². The fourth-order valence-electron chi connectivity index (χ4n) is 2.90. The Labute approximate surface area is 172 Å². The summed E-state index contributed by atoms with van der Waals surface area (Å²) in [5.41, 5.74) is 0.906. The highest BCUT2D eigenvalue weighted by Gasteiger charge is 2.24. The molecule has 29 heavy (non-hydrogen) atoms. The number of nitrogens with zero attached hydrogens (tertiary/aromatic N) is 1. The summed E-state index contributed by atoms with van der Waals surface area (Å²) in [4.78, 5) is 39.1. The normalized spacial score (nSPS) is 15.8. The molecule has 8 heteroatoms. The molecule has 2 aromatic rings. The molecule has 1 aliphatic heterocycles. The van der Waals surface area contributed by atoms with Crippen molar-refractivity contribution < 1.29 is 23.5 Å². The molecule has 1 aliphatic rings. The third-order valence-electron chi connectivity index (χ3n) is 4.38. The zero-order valence-corrected chi connectivity index (χ0v) is 16.7. The topological polar surface area (TPSA) is 75.7 Å². The summed E-state index contributed by atoms with van der Waals surface area (Å²) in [5, 5.41) is 2.72. The Balaban J connectivity index is 1.52. The number of para-hydroxylation sites is 1. The van der Waals surface area contributed by atoms with E-state index in [1.54, 1.807) is 16.7 Å². The Morgan fingerprint density at radius 1 is 1.21 bits per heavy atom. The lowest BCUT2D eigenvalue weighted by Crippen LogP contribution is -2.37. The smallest absolute Gasteiger partial charge is 0.325 e. The second-order valence-electron chi connectivity index (χ2n) is 6.58. The van der Waals surface area contributed by atoms with Crippen molar-refractivity contribution in [1.82, 2.24) is 5.32 Å². The molecule has 3 rings (SSSR count). The zero-order valence-electron chi connectivity index (χ0n) is 15.9. The van der Waals surface area contributed by atoms with Crippen LogP contribution >= 0.6 is 11.8 Å². The maximum Gasteiger partial charge on any atom is 0.325 e. The number of hydrogen-bond donors (Lipinski definition) is 1. The molecule has 0 aliphatic carbocycles. The highest BCUT2D eigenvalue weighted by molar-refractivity contribution is 8.00. The van der Waals surface area contributed by atoms with E-state index in [0.29, 0.717) is 11.8 Å². The van der Waals surface area contributed by atoms with Crippen molar-refractivity contribution >= 4 is 35.2 Å². The number of carbonyl (C=O) groups is 3. The number of benzene rings is 2. The Hall–Kier alpha value is -2.87. The van der Waals surface area contributed by atoms with Crippen LogP contribution in [0.2, 0.25) is 0 Å². The van der Waals surface area contributed by atoms with Gasteiger partial charge in [-0.05, 0) is 36.8 Å². The van der Waals surface area contributed by atoms with E-state index in [9.17, 15) is 18.8 Å². The zero-order chi connectivity index (χ0) is 20.8. The molecule has 0 saturated heterocycles. The Bertz CT molecular complexity index is 921. The van der Waals surface area contributed by atoms with Crippen molar-refractivity contribution in [1.29, 1.82) is 0 Å². The minimum absolute atomic E-state index is 0.0988. The first-order valence-electron chi connectivity index (χ1n) is 9.19. The molecule has 2 amide bonds. The Morgan fingerprint density at radius 3 is 2.79 bits per heavy atom. The van der Waals surface area contributed by atoms with Gasteiger partial charge in [-0.3, -0.25) is 14.4 Å². The van der Waals surface area contributed by atoms with Crippen LogP contribution in [0.4, 0.5) is 10.1 Å². The predicted molar refractivity (Wildman–Crippen MR) is 108 cm³/mol. The molecule has 0 unspecified atom stereocenters. The number of nitrogens with one attached hydrogen (secondary N) is 1. The van der Waals surface area contributed by atoms with Crippen molar-refractivity contribution in [2.75, 3.05) is 24.6 Å². The first-order valence-corrected chi connectivity index (χ1v) is 10.1. The van der Waals surface area contributed by atoms with E-state index < -0.39 is 30.8 Å². The molecular weight excluding hydrogens is 395 g/mol. The van der Waals surface area contributed by atoms with Crippen LogP contribution in [0.15, 0.2) is 53.4 Å². The molecule has 0 radical (unpaired) electrons. The lowest BCUT2D eigenvalue weighted by Gasteiger charge is -2.22. The summed E-state index contributed by atoms with van der Waals surface area (Å²) < 4.78 is 18.2. The van der Waals surface area contributed by atoms with Gasteiger partial charge in [0.25, 0.3) is 11.8 Å². The van der Waals surface area contributed by atoms with Crippen molar-refractivity contribution in [3.05, 3.63) is 59.9 Å². The number of esters is 1. The SMILES string of the molecule is C[C@H]1CCN(C(=O)COC(=O)CNC(=O)c2cccc(F)c2)c2ccccc2S1. The van der Waals surface area contributed by atoms with Crippen LogP contribution in [-0.4, -0.2) is 42.7 Å². The number of amides is 2. The van der Waals surface area contributed by atoms with Crippen LogP contribution in [0.5, 0.6) is 0 Å².